The number of likely N-dealkylation sites (tertiary alicyclic amines) is 2. The molecule has 2 fully saturated rings. The Morgan fingerprint density at radius 2 is 1.20 bits per heavy atom. The molecule has 4 aliphatic heterocycles. The summed E-state index contributed by atoms with van der Waals surface area (Å²) >= 11 is 3.13. The van der Waals surface area contributed by atoms with Crippen LogP contribution in [-0.4, -0.2) is 87.4 Å². The van der Waals surface area contributed by atoms with E-state index in [0.717, 1.165) is 93.5 Å². The quantitative estimate of drug-likeness (QED) is 0.144. The molecule has 4 aromatic rings. The number of benzene rings is 4. The van der Waals surface area contributed by atoms with E-state index in [1.165, 1.54) is 50.5 Å². The van der Waals surface area contributed by atoms with Gasteiger partial charge in [0.1, 0.15) is 23.1 Å². The number of hydrogen-bond donors (Lipinski definition) is 1. The molecule has 61 heavy (non-hydrogen) atoms. The molecule has 1 N–H and O–H groups in total. The predicted octanol–water partition coefficient (Wildman–Crippen LogP) is 9.31. The van der Waals surface area contributed by atoms with Crippen molar-refractivity contribution in [1.29, 1.82) is 0 Å². The fourth-order valence-corrected chi connectivity index (χ4v) is 7.88. The van der Waals surface area contributed by atoms with Gasteiger partial charge in [-0.05, 0) is 116 Å². The molecule has 4 heterocycles. The fourth-order valence-electron chi connectivity index (χ4n) is 7.42. The molecule has 324 valence electrons. The van der Waals surface area contributed by atoms with Crippen LogP contribution in [0.1, 0.15) is 81.5 Å². The molecule has 0 saturated carbocycles. The molecule has 0 aromatic heterocycles. The Labute approximate surface area is 363 Å². The van der Waals surface area contributed by atoms with E-state index < -0.39 is 23.6 Å². The van der Waals surface area contributed by atoms with Gasteiger partial charge in [-0.2, -0.15) is 0 Å². The van der Waals surface area contributed by atoms with Crippen molar-refractivity contribution >= 4 is 51.3 Å². The molecule has 15 heteroatoms. The number of alkyl halides is 1. The Kier molecular flexibility index (Phi) is 16.0. The third-order valence-corrected chi connectivity index (χ3v) is 11.5. The number of amides is 4. The lowest BCUT2D eigenvalue weighted by atomic mass is 10.1. The van der Waals surface area contributed by atoms with Gasteiger partial charge in [0.15, 0.2) is 0 Å². The van der Waals surface area contributed by atoms with Crippen molar-refractivity contribution in [2.75, 3.05) is 63.8 Å². The third-order valence-electron chi connectivity index (χ3n) is 10.8. The van der Waals surface area contributed by atoms with Crippen LogP contribution in [0.25, 0.3) is 0 Å². The van der Waals surface area contributed by atoms with Crippen LogP contribution in [0, 0.1) is 11.6 Å². The SMILES string of the molecule is COC(=O)c1ccc(CBr)c(F)c1.COC(=O)c1ccc(CN(C(=O)N2CCCCC2)c2ccc3c(c2)CCO3)c(F)c1.O=C(Nc1ccc2c(c1)CCO2)N1CCCCC1. The summed E-state index contributed by atoms with van der Waals surface area (Å²) in [4.78, 5) is 53.4. The predicted molar refractivity (Wildman–Crippen MR) is 231 cm³/mol. The van der Waals surface area contributed by atoms with Crippen LogP contribution in [0.5, 0.6) is 11.5 Å². The average Bonchev–Trinajstić information content (AvgIpc) is 3.98. The average molecular weight is 906 g/mol. The zero-order chi connectivity index (χ0) is 43.3. The molecule has 4 amide bonds. The van der Waals surface area contributed by atoms with Gasteiger partial charge in [0.05, 0.1) is 45.1 Å². The van der Waals surface area contributed by atoms with Crippen LogP contribution >= 0.6 is 15.9 Å². The number of ether oxygens (including phenoxy) is 4. The van der Waals surface area contributed by atoms with Crippen LogP contribution in [0.2, 0.25) is 0 Å². The van der Waals surface area contributed by atoms with E-state index in [0.29, 0.717) is 41.8 Å². The van der Waals surface area contributed by atoms with Crippen molar-refractivity contribution in [2.45, 2.75) is 63.2 Å². The smallest absolute Gasteiger partial charge is 0.337 e. The summed E-state index contributed by atoms with van der Waals surface area (Å²) in [6.45, 7) is 4.60. The molecule has 2 saturated heterocycles. The second-order valence-corrected chi connectivity index (χ2v) is 15.5. The number of urea groups is 2. The fraction of sp³-hybridized carbons (Fsp3) is 0.391. The van der Waals surface area contributed by atoms with E-state index in [9.17, 15) is 28.0 Å². The topological polar surface area (TPSA) is 127 Å². The number of methoxy groups -OCH3 is 2. The van der Waals surface area contributed by atoms with Crippen LogP contribution in [-0.2, 0) is 34.2 Å². The number of hydrogen-bond acceptors (Lipinski definition) is 8. The Bertz CT molecular complexity index is 2190. The summed E-state index contributed by atoms with van der Waals surface area (Å²) in [5.41, 5.74) is 5.04. The Morgan fingerprint density at radius 1 is 0.672 bits per heavy atom. The highest BCUT2D eigenvalue weighted by Gasteiger charge is 2.27. The van der Waals surface area contributed by atoms with E-state index in [2.05, 4.69) is 30.7 Å². The molecular weight excluding hydrogens is 854 g/mol. The van der Waals surface area contributed by atoms with Gasteiger partial charge < -0.3 is 34.1 Å². The van der Waals surface area contributed by atoms with Gasteiger partial charge in [-0.25, -0.2) is 28.0 Å². The van der Waals surface area contributed by atoms with Gasteiger partial charge in [-0.3, -0.25) is 4.90 Å². The number of nitrogens with one attached hydrogen (secondary N) is 1. The first-order valence-electron chi connectivity index (χ1n) is 20.5. The molecule has 12 nitrogen and oxygen atoms in total. The van der Waals surface area contributed by atoms with Gasteiger partial charge in [-0.15, -0.1) is 0 Å². The number of esters is 2. The number of piperidine rings is 2. The molecule has 0 atom stereocenters. The van der Waals surface area contributed by atoms with Crippen LogP contribution in [0.15, 0.2) is 72.8 Å². The first kappa shape index (κ1) is 44.8. The van der Waals surface area contributed by atoms with Gasteiger partial charge in [0.25, 0.3) is 0 Å². The molecule has 0 aliphatic carbocycles. The molecule has 0 spiro atoms. The maximum atomic E-state index is 14.8. The largest absolute Gasteiger partial charge is 0.493 e. The molecule has 0 radical (unpaired) electrons. The minimum absolute atomic E-state index is 0.0218. The van der Waals surface area contributed by atoms with E-state index >= 15 is 0 Å². The Hall–Kier alpha value is -5.70. The van der Waals surface area contributed by atoms with Crippen LogP contribution in [0.3, 0.4) is 0 Å². The zero-order valence-corrected chi connectivity index (χ0v) is 36.1. The highest BCUT2D eigenvalue weighted by molar-refractivity contribution is 9.08. The molecule has 0 bridgehead atoms. The minimum Gasteiger partial charge on any atom is -0.493 e. The maximum absolute atomic E-state index is 14.8. The number of anilines is 2. The van der Waals surface area contributed by atoms with Crippen LogP contribution in [0.4, 0.5) is 29.7 Å². The van der Waals surface area contributed by atoms with Gasteiger partial charge in [0, 0.05) is 61.3 Å². The van der Waals surface area contributed by atoms with Crippen molar-refractivity contribution in [3.8, 4) is 11.5 Å². The summed E-state index contributed by atoms with van der Waals surface area (Å²) < 4.78 is 48.0. The summed E-state index contributed by atoms with van der Waals surface area (Å²) in [5.74, 6) is -0.289. The van der Waals surface area contributed by atoms with E-state index in [4.69, 9.17) is 9.47 Å². The highest BCUT2D eigenvalue weighted by Crippen LogP contribution is 2.32. The number of fused-ring (bicyclic) bond motifs is 2. The molecule has 4 aliphatic rings. The molecular formula is C46H51BrF2N4O8. The van der Waals surface area contributed by atoms with E-state index in [-0.39, 0.29) is 29.7 Å². The molecule has 0 unspecified atom stereocenters. The normalized spacial score (nSPS) is 15.0. The number of rotatable bonds is 7. The van der Waals surface area contributed by atoms with Crippen molar-refractivity contribution in [1.82, 2.24) is 9.80 Å². The Balaban J connectivity index is 0.000000170. The van der Waals surface area contributed by atoms with Crippen molar-refractivity contribution in [3.05, 3.63) is 118 Å². The van der Waals surface area contributed by atoms with Crippen molar-refractivity contribution in [3.63, 3.8) is 0 Å². The zero-order valence-electron chi connectivity index (χ0n) is 34.5. The van der Waals surface area contributed by atoms with Crippen LogP contribution < -0.4 is 19.7 Å². The monoisotopic (exact) mass is 904 g/mol. The summed E-state index contributed by atoms with van der Waals surface area (Å²) in [6, 6.07) is 19.9. The van der Waals surface area contributed by atoms with Gasteiger partial charge in [-0.1, -0.05) is 28.1 Å². The van der Waals surface area contributed by atoms with E-state index in [1.54, 1.807) is 11.0 Å². The first-order chi connectivity index (χ1) is 29.6. The minimum atomic E-state index is -0.597. The molecule has 4 aromatic carbocycles. The first-order valence-corrected chi connectivity index (χ1v) is 21.6. The van der Waals surface area contributed by atoms with Crippen molar-refractivity contribution < 1.29 is 46.9 Å². The van der Waals surface area contributed by atoms with Gasteiger partial charge >= 0.3 is 24.0 Å². The summed E-state index contributed by atoms with van der Waals surface area (Å²) in [5, 5.41) is 3.40. The lowest BCUT2D eigenvalue weighted by molar-refractivity contribution is 0.0591. The van der Waals surface area contributed by atoms with Crippen molar-refractivity contribution in [2.24, 2.45) is 0 Å². The Morgan fingerprint density at radius 3 is 1.74 bits per heavy atom. The third kappa shape index (κ3) is 11.8. The summed E-state index contributed by atoms with van der Waals surface area (Å²) in [6.07, 6.45) is 8.25. The second kappa shape index (κ2) is 21.7. The van der Waals surface area contributed by atoms with E-state index in [1.807, 2.05) is 46.2 Å². The summed E-state index contributed by atoms with van der Waals surface area (Å²) in [7, 11) is 2.52. The molecule has 8 rings (SSSR count). The number of nitrogens with zero attached hydrogens (tertiary/aromatic N) is 3. The maximum Gasteiger partial charge on any atom is 0.337 e. The number of carbonyl (C=O) groups is 4. The second-order valence-electron chi connectivity index (χ2n) is 14.9. The lowest BCUT2D eigenvalue weighted by Gasteiger charge is -2.33. The number of halogens is 3. The highest BCUT2D eigenvalue weighted by atomic mass is 79.9. The lowest BCUT2D eigenvalue weighted by Crippen LogP contribution is -2.45. The standard InChI is InChI=1S/C23H25FN2O4.C14H18N2O2.C9H8BrFO2/c1-29-22(27)17-5-6-18(20(24)14-17)15-26(23(28)25-10-3-2-4-11-25)19-7-8-21-16(13-19)9-12-30-21;17-14(16-7-2-1-3-8-16)15-12-4-5-13-11(10-12)6-9-18-13;1-13-9(12)6-2-3-7(5-10)8(11)4-6/h5-8,13-14H,2-4,9-12,15H2,1H3;4-5,10H,1-3,6-9H2,(H,15,17);2-4H,5H2,1H3. The van der Waals surface area contributed by atoms with Gasteiger partial charge in [0.2, 0.25) is 0 Å². The number of carbonyl (C=O) groups excluding carboxylic acids is 4.